The maximum Gasteiger partial charge on any atom is 0.160 e. The molecule has 3 heteroatoms. The van der Waals surface area contributed by atoms with Crippen molar-refractivity contribution in [3.05, 3.63) is 218 Å². The van der Waals surface area contributed by atoms with Crippen LogP contribution in [-0.2, 0) is 0 Å². The predicted molar refractivity (Wildman–Crippen MR) is 260 cm³/mol. The molecule has 0 N–H and O–H groups in total. The van der Waals surface area contributed by atoms with Crippen LogP contribution in [0.4, 0.5) is 0 Å². The fourth-order valence-corrected chi connectivity index (χ4v) is 10.4. The highest BCUT2D eigenvalue weighted by Gasteiger charge is 2.20. The summed E-state index contributed by atoms with van der Waals surface area (Å²) in [7, 11) is 0. The van der Waals surface area contributed by atoms with E-state index < -0.39 is 0 Å². The molecule has 2 heterocycles. The van der Waals surface area contributed by atoms with E-state index in [1.807, 2.05) is 17.4 Å². The lowest BCUT2D eigenvalue weighted by atomic mass is 9.84. The minimum Gasteiger partial charge on any atom is -0.228 e. The summed E-state index contributed by atoms with van der Waals surface area (Å²) in [5, 5.41) is 10.1. The number of hydrogen-bond donors (Lipinski definition) is 0. The van der Waals surface area contributed by atoms with Crippen molar-refractivity contribution >= 4 is 63.8 Å². The van der Waals surface area contributed by atoms with Gasteiger partial charge in [0, 0.05) is 36.9 Å². The molecule has 284 valence electrons. The summed E-state index contributed by atoms with van der Waals surface area (Å²) >= 11 is 1.85. The summed E-state index contributed by atoms with van der Waals surface area (Å²) in [6.45, 7) is 0. The first kappa shape index (κ1) is 35.2. The predicted octanol–water partition coefficient (Wildman–Crippen LogP) is 16.3. The highest BCUT2D eigenvalue weighted by molar-refractivity contribution is 7.25. The third-order valence-corrected chi connectivity index (χ3v) is 13.2. The van der Waals surface area contributed by atoms with Crippen molar-refractivity contribution in [2.24, 2.45) is 0 Å². The second-order valence-electron chi connectivity index (χ2n) is 15.6. The fourth-order valence-electron chi connectivity index (χ4n) is 9.27. The number of fused-ring (bicyclic) bond motifs is 7. The van der Waals surface area contributed by atoms with Crippen molar-refractivity contribution in [2.45, 2.75) is 0 Å². The van der Waals surface area contributed by atoms with E-state index in [2.05, 4.69) is 212 Å². The zero-order chi connectivity index (χ0) is 40.3. The molecular formula is C58H36N2S. The zero-order valence-electron chi connectivity index (χ0n) is 33.1. The normalized spacial score (nSPS) is 11.6. The van der Waals surface area contributed by atoms with Crippen LogP contribution in [0.5, 0.6) is 0 Å². The molecule has 61 heavy (non-hydrogen) atoms. The van der Waals surface area contributed by atoms with E-state index in [4.69, 9.17) is 9.97 Å². The quantitative estimate of drug-likeness (QED) is 0.124. The smallest absolute Gasteiger partial charge is 0.160 e. The van der Waals surface area contributed by atoms with Crippen LogP contribution in [-0.4, -0.2) is 9.97 Å². The van der Waals surface area contributed by atoms with Crippen molar-refractivity contribution in [3.63, 3.8) is 0 Å². The average Bonchev–Trinajstić information content (AvgIpc) is 3.71. The Labute approximate surface area is 357 Å². The van der Waals surface area contributed by atoms with Gasteiger partial charge < -0.3 is 0 Å². The summed E-state index contributed by atoms with van der Waals surface area (Å²) in [6, 6.07) is 78.7. The Morgan fingerprint density at radius 2 is 0.836 bits per heavy atom. The molecule has 0 saturated carbocycles. The highest BCUT2D eigenvalue weighted by Crippen LogP contribution is 2.47. The van der Waals surface area contributed by atoms with Gasteiger partial charge in [-0.15, -0.1) is 11.3 Å². The minimum absolute atomic E-state index is 0.701. The number of nitrogens with zero attached hydrogens (tertiary/aromatic N) is 2. The molecule has 0 aliphatic rings. The maximum absolute atomic E-state index is 5.27. The fraction of sp³-hybridized carbons (Fsp3) is 0. The van der Waals surface area contributed by atoms with Gasteiger partial charge in [-0.05, 0) is 83.9 Å². The second-order valence-corrected chi connectivity index (χ2v) is 16.7. The number of aromatic nitrogens is 2. The monoisotopic (exact) mass is 792 g/mol. The first-order valence-electron chi connectivity index (χ1n) is 20.7. The first-order valence-corrected chi connectivity index (χ1v) is 21.5. The minimum atomic E-state index is 0.701. The Hall–Kier alpha value is -7.72. The number of thiophene rings is 1. The van der Waals surface area contributed by atoms with Crippen LogP contribution < -0.4 is 0 Å². The maximum atomic E-state index is 5.27. The molecule has 0 amide bonds. The van der Waals surface area contributed by atoms with Gasteiger partial charge in [0.2, 0.25) is 0 Å². The number of benzene rings is 10. The Bertz CT molecular complexity index is 3630. The highest BCUT2D eigenvalue weighted by atomic mass is 32.1. The number of hydrogen-bond acceptors (Lipinski definition) is 3. The van der Waals surface area contributed by atoms with Crippen LogP contribution in [0.1, 0.15) is 0 Å². The molecule has 0 spiro atoms. The van der Waals surface area contributed by atoms with E-state index in [-0.39, 0.29) is 0 Å². The van der Waals surface area contributed by atoms with Crippen molar-refractivity contribution < 1.29 is 0 Å². The molecule has 0 atom stereocenters. The van der Waals surface area contributed by atoms with E-state index in [0.717, 1.165) is 33.6 Å². The Morgan fingerprint density at radius 1 is 0.295 bits per heavy atom. The van der Waals surface area contributed by atoms with E-state index in [1.165, 1.54) is 80.3 Å². The van der Waals surface area contributed by atoms with Crippen molar-refractivity contribution in [2.75, 3.05) is 0 Å². The zero-order valence-corrected chi connectivity index (χ0v) is 33.9. The van der Waals surface area contributed by atoms with Gasteiger partial charge in [-0.25, -0.2) is 9.97 Å². The molecule has 10 aromatic carbocycles. The summed E-state index contributed by atoms with van der Waals surface area (Å²) in [6.07, 6.45) is 0. The standard InChI is InChI=1S/C58H36N2S/c1-3-16-39(17-4-1)56-49-25-12-11-24-48(49)55(50-34-31-37-15-7-8-21-44(37)57(50)56)40-29-27-38(28-30-40)51-36-52(60-58(59-51)41-18-5-2-6-19-41)45-22-10-9-20-43(45)42-32-33-47-46-23-13-14-26-53(46)61-54(47)35-42/h1-36H. The van der Waals surface area contributed by atoms with Gasteiger partial charge in [0.25, 0.3) is 0 Å². The van der Waals surface area contributed by atoms with Crippen LogP contribution in [0.25, 0.3) is 120 Å². The van der Waals surface area contributed by atoms with E-state index in [0.29, 0.717) is 5.82 Å². The summed E-state index contributed by atoms with van der Waals surface area (Å²) in [4.78, 5) is 10.5. The van der Waals surface area contributed by atoms with Crippen molar-refractivity contribution in [1.29, 1.82) is 0 Å². The molecule has 0 unspecified atom stereocenters. The molecule has 2 aromatic heterocycles. The van der Waals surface area contributed by atoms with Gasteiger partial charge in [-0.2, -0.15) is 0 Å². The SMILES string of the molecule is c1ccc(-c2nc(-c3ccc(-c4c5ccccc5c(-c5ccccc5)c5c4ccc4ccccc45)cc3)cc(-c3ccccc3-c3ccc4c(c3)sc3ccccc34)n2)cc1. The summed E-state index contributed by atoms with van der Waals surface area (Å²) in [5.74, 6) is 0.701. The molecule has 12 aromatic rings. The summed E-state index contributed by atoms with van der Waals surface area (Å²) < 4.78 is 2.59. The van der Waals surface area contributed by atoms with Gasteiger partial charge in [0.05, 0.1) is 11.4 Å². The molecule has 2 nitrogen and oxygen atoms in total. The van der Waals surface area contributed by atoms with Gasteiger partial charge >= 0.3 is 0 Å². The third kappa shape index (κ3) is 6.01. The Balaban J connectivity index is 1.02. The molecule has 0 fully saturated rings. The second kappa shape index (κ2) is 14.5. The lowest BCUT2D eigenvalue weighted by Gasteiger charge is -2.19. The van der Waals surface area contributed by atoms with E-state index in [1.54, 1.807) is 0 Å². The van der Waals surface area contributed by atoms with Gasteiger partial charge in [0.1, 0.15) is 0 Å². The van der Waals surface area contributed by atoms with Crippen LogP contribution in [0.15, 0.2) is 218 Å². The largest absolute Gasteiger partial charge is 0.228 e. The molecule has 0 aliphatic carbocycles. The molecular weight excluding hydrogens is 757 g/mol. The number of rotatable bonds is 6. The van der Waals surface area contributed by atoms with Crippen LogP contribution in [0.3, 0.4) is 0 Å². The van der Waals surface area contributed by atoms with E-state index in [9.17, 15) is 0 Å². The summed E-state index contributed by atoms with van der Waals surface area (Å²) in [5.41, 5.74) is 12.1. The van der Waals surface area contributed by atoms with Crippen LogP contribution in [0, 0.1) is 0 Å². The van der Waals surface area contributed by atoms with Gasteiger partial charge in [-0.1, -0.05) is 200 Å². The average molecular weight is 793 g/mol. The van der Waals surface area contributed by atoms with E-state index >= 15 is 0 Å². The lowest BCUT2D eigenvalue weighted by molar-refractivity contribution is 1.18. The Kier molecular flexibility index (Phi) is 8.39. The van der Waals surface area contributed by atoms with Gasteiger partial charge in [0.15, 0.2) is 5.82 Å². The third-order valence-electron chi connectivity index (χ3n) is 12.1. The first-order chi connectivity index (χ1) is 30.2. The molecule has 0 radical (unpaired) electrons. The molecule has 12 rings (SSSR count). The van der Waals surface area contributed by atoms with Gasteiger partial charge in [-0.3, -0.25) is 0 Å². The van der Waals surface area contributed by atoms with Crippen molar-refractivity contribution in [3.8, 4) is 67.3 Å². The van der Waals surface area contributed by atoms with Crippen LogP contribution in [0.2, 0.25) is 0 Å². The Morgan fingerprint density at radius 3 is 1.62 bits per heavy atom. The molecule has 0 bridgehead atoms. The molecule has 0 saturated heterocycles. The molecule has 0 aliphatic heterocycles. The van der Waals surface area contributed by atoms with Crippen LogP contribution >= 0.6 is 11.3 Å². The topological polar surface area (TPSA) is 25.8 Å². The lowest BCUT2D eigenvalue weighted by Crippen LogP contribution is -1.97. The van der Waals surface area contributed by atoms with Crippen molar-refractivity contribution in [1.82, 2.24) is 9.97 Å².